The summed E-state index contributed by atoms with van der Waals surface area (Å²) < 4.78 is 5.26. The minimum Gasteiger partial charge on any atom is -0.497 e. The van der Waals surface area contributed by atoms with Crippen molar-refractivity contribution in [2.45, 2.75) is 36.3 Å². The van der Waals surface area contributed by atoms with Gasteiger partial charge in [-0.2, -0.15) is 0 Å². The molecule has 46 heavy (non-hydrogen) atoms. The maximum absolute atomic E-state index is 13.8. The van der Waals surface area contributed by atoms with Gasteiger partial charge in [-0.1, -0.05) is 89.9 Å². The Morgan fingerprint density at radius 3 is 1.65 bits per heavy atom. The van der Waals surface area contributed by atoms with E-state index in [0.29, 0.717) is 35.1 Å². The molecule has 3 amide bonds. The second kappa shape index (κ2) is 18.2. The molecule has 4 aromatic carbocycles. The predicted octanol–water partition coefficient (Wildman–Crippen LogP) is 6.05. The lowest BCUT2D eigenvalue weighted by atomic mass is 10.1. The van der Waals surface area contributed by atoms with Gasteiger partial charge in [-0.05, 0) is 77.9 Å². The number of ether oxygens (including phenoxy) is 1. The Bertz CT molecular complexity index is 1490. The average Bonchev–Trinajstić information content (AvgIpc) is 3.07. The SMILES string of the molecule is COc1ccc(CS[C@@H](Cc2ccccc2)C(=O)NC(C(=O)NCCc2ccc(Cl)cc2)C(=O)NCCc2ccc(Cl)cc2)cc1. The van der Waals surface area contributed by atoms with Gasteiger partial charge >= 0.3 is 0 Å². The Kier molecular flexibility index (Phi) is 13.8. The molecule has 0 radical (unpaired) electrons. The van der Waals surface area contributed by atoms with Gasteiger partial charge in [0.15, 0.2) is 6.04 Å². The zero-order valence-electron chi connectivity index (χ0n) is 25.5. The first-order chi connectivity index (χ1) is 22.3. The molecule has 0 bridgehead atoms. The van der Waals surface area contributed by atoms with Crippen LogP contribution in [0, 0.1) is 0 Å². The van der Waals surface area contributed by atoms with E-state index >= 15 is 0 Å². The van der Waals surface area contributed by atoms with Crippen molar-refractivity contribution in [2.24, 2.45) is 0 Å². The number of rotatable bonds is 16. The first-order valence-electron chi connectivity index (χ1n) is 14.9. The number of halogens is 2. The Morgan fingerprint density at radius 2 is 1.15 bits per heavy atom. The first kappa shape index (κ1) is 34.9. The smallest absolute Gasteiger partial charge is 0.252 e. The van der Waals surface area contributed by atoms with Gasteiger partial charge in [0, 0.05) is 28.9 Å². The number of carbonyl (C=O) groups is 3. The normalized spacial score (nSPS) is 11.5. The molecule has 3 N–H and O–H groups in total. The van der Waals surface area contributed by atoms with Crippen LogP contribution in [0.4, 0.5) is 0 Å². The van der Waals surface area contributed by atoms with Crippen LogP contribution in [0.5, 0.6) is 5.75 Å². The molecule has 0 fully saturated rings. The van der Waals surface area contributed by atoms with E-state index in [-0.39, 0.29) is 13.1 Å². The van der Waals surface area contributed by atoms with Gasteiger partial charge in [0.25, 0.3) is 11.8 Å². The molecular weight excluding hydrogens is 641 g/mol. The third kappa shape index (κ3) is 11.4. The zero-order chi connectivity index (χ0) is 32.7. The zero-order valence-corrected chi connectivity index (χ0v) is 27.8. The second-order valence-electron chi connectivity index (χ2n) is 10.6. The number of nitrogens with one attached hydrogen (secondary N) is 3. The van der Waals surface area contributed by atoms with Crippen LogP contribution in [-0.2, 0) is 39.4 Å². The highest BCUT2D eigenvalue weighted by molar-refractivity contribution is 7.99. The number of hydrogen-bond acceptors (Lipinski definition) is 5. The van der Waals surface area contributed by atoms with Crippen molar-refractivity contribution in [3.8, 4) is 5.75 Å². The molecule has 7 nitrogen and oxygen atoms in total. The lowest BCUT2D eigenvalue weighted by Crippen LogP contribution is -2.57. The van der Waals surface area contributed by atoms with Gasteiger partial charge in [0.1, 0.15) is 5.75 Å². The Hall–Kier alpha value is -3.98. The molecular formula is C36H37Cl2N3O4S. The number of methoxy groups -OCH3 is 1. The van der Waals surface area contributed by atoms with Crippen LogP contribution < -0.4 is 20.7 Å². The Morgan fingerprint density at radius 1 is 0.652 bits per heavy atom. The molecule has 10 heteroatoms. The molecule has 0 saturated heterocycles. The van der Waals surface area contributed by atoms with Crippen LogP contribution in [-0.4, -0.2) is 49.2 Å². The summed E-state index contributed by atoms with van der Waals surface area (Å²) in [4.78, 5) is 40.6. The molecule has 1 atom stereocenters. The summed E-state index contributed by atoms with van der Waals surface area (Å²) in [7, 11) is 1.61. The standard InChI is InChI=1S/C36H37Cl2N3O4S/c1-45-31-17-11-28(12-18-31)24-46-32(23-27-5-3-2-4-6-27)34(42)41-33(35(43)39-21-19-25-7-13-29(37)14-8-25)36(44)40-22-20-26-9-15-30(38)16-10-26/h2-18,32-33H,19-24H2,1H3,(H,39,43)(H,40,44)(H,41,42)/t32-/m0/s1. The van der Waals surface area contributed by atoms with Crippen LogP contribution >= 0.6 is 35.0 Å². The Balaban J connectivity index is 1.45. The number of thioether (sulfide) groups is 1. The van der Waals surface area contributed by atoms with Crippen LogP contribution in [0.1, 0.15) is 22.3 Å². The van der Waals surface area contributed by atoms with Gasteiger partial charge in [-0.15, -0.1) is 11.8 Å². The number of benzene rings is 4. The van der Waals surface area contributed by atoms with E-state index in [9.17, 15) is 14.4 Å². The van der Waals surface area contributed by atoms with Crippen molar-refractivity contribution < 1.29 is 19.1 Å². The maximum Gasteiger partial charge on any atom is 0.252 e. The second-order valence-corrected chi connectivity index (χ2v) is 12.7. The van der Waals surface area contributed by atoms with E-state index in [4.69, 9.17) is 27.9 Å². The topological polar surface area (TPSA) is 96.5 Å². The van der Waals surface area contributed by atoms with Crippen LogP contribution in [0.25, 0.3) is 0 Å². The third-order valence-corrected chi connectivity index (χ3v) is 9.02. The molecule has 4 rings (SSSR count). The lowest BCUT2D eigenvalue weighted by Gasteiger charge is -2.22. The van der Waals surface area contributed by atoms with E-state index in [1.807, 2.05) is 78.9 Å². The van der Waals surface area contributed by atoms with Gasteiger partial charge in [-0.3, -0.25) is 14.4 Å². The predicted molar refractivity (Wildman–Crippen MR) is 186 cm³/mol. The minimum absolute atomic E-state index is 0.282. The van der Waals surface area contributed by atoms with E-state index in [0.717, 1.165) is 28.0 Å². The summed E-state index contributed by atoms with van der Waals surface area (Å²) in [6.07, 6.45) is 1.50. The number of hydrogen-bond donors (Lipinski definition) is 3. The average molecular weight is 679 g/mol. The fourth-order valence-corrected chi connectivity index (χ4v) is 5.99. The van der Waals surface area contributed by atoms with Crippen LogP contribution in [0.3, 0.4) is 0 Å². The van der Waals surface area contributed by atoms with Crippen LogP contribution in [0.15, 0.2) is 103 Å². The molecule has 0 spiro atoms. The molecule has 240 valence electrons. The molecule has 0 saturated carbocycles. The van der Waals surface area contributed by atoms with Crippen molar-refractivity contribution in [3.05, 3.63) is 135 Å². The summed E-state index contributed by atoms with van der Waals surface area (Å²) in [5.74, 6) is -0.248. The highest BCUT2D eigenvalue weighted by atomic mass is 35.5. The third-order valence-electron chi connectivity index (χ3n) is 7.23. The molecule has 0 aliphatic heterocycles. The summed E-state index contributed by atoms with van der Waals surface area (Å²) in [6.45, 7) is 0.565. The molecule has 4 aromatic rings. The van der Waals surface area contributed by atoms with Gasteiger partial charge < -0.3 is 20.7 Å². The summed E-state index contributed by atoms with van der Waals surface area (Å²) in [5.41, 5.74) is 3.96. The Labute approximate surface area is 284 Å². The maximum atomic E-state index is 13.8. The summed E-state index contributed by atoms with van der Waals surface area (Å²) in [5, 5.41) is 9.10. The van der Waals surface area contributed by atoms with Crippen molar-refractivity contribution >= 4 is 52.7 Å². The van der Waals surface area contributed by atoms with E-state index in [1.54, 1.807) is 31.4 Å². The van der Waals surface area contributed by atoms with Crippen molar-refractivity contribution in [2.75, 3.05) is 20.2 Å². The van der Waals surface area contributed by atoms with E-state index in [1.165, 1.54) is 11.8 Å². The monoisotopic (exact) mass is 677 g/mol. The van der Waals surface area contributed by atoms with E-state index < -0.39 is 29.0 Å². The fourth-order valence-electron chi connectivity index (χ4n) is 4.63. The minimum atomic E-state index is -1.41. The first-order valence-corrected chi connectivity index (χ1v) is 16.7. The summed E-state index contributed by atoms with van der Waals surface area (Å²) in [6, 6.07) is 30.6. The molecule has 0 unspecified atom stereocenters. The van der Waals surface area contributed by atoms with Crippen molar-refractivity contribution in [3.63, 3.8) is 0 Å². The number of amides is 3. The van der Waals surface area contributed by atoms with Crippen LogP contribution in [0.2, 0.25) is 10.0 Å². The molecule has 0 heterocycles. The van der Waals surface area contributed by atoms with Gasteiger partial charge in [0.2, 0.25) is 5.91 Å². The largest absolute Gasteiger partial charge is 0.497 e. The molecule has 0 aliphatic carbocycles. The van der Waals surface area contributed by atoms with Gasteiger partial charge in [-0.25, -0.2) is 0 Å². The quantitative estimate of drug-likeness (QED) is 0.126. The van der Waals surface area contributed by atoms with Gasteiger partial charge in [0.05, 0.1) is 12.4 Å². The summed E-state index contributed by atoms with van der Waals surface area (Å²) >= 11 is 13.4. The molecule has 0 aliphatic rings. The number of carbonyl (C=O) groups excluding carboxylic acids is 3. The highest BCUT2D eigenvalue weighted by Crippen LogP contribution is 2.23. The highest BCUT2D eigenvalue weighted by Gasteiger charge is 2.31. The fraction of sp³-hybridized carbons (Fsp3) is 0.250. The van der Waals surface area contributed by atoms with E-state index in [2.05, 4.69) is 16.0 Å². The van der Waals surface area contributed by atoms with Crippen molar-refractivity contribution in [1.82, 2.24) is 16.0 Å². The molecule has 0 aromatic heterocycles. The van der Waals surface area contributed by atoms with Crippen molar-refractivity contribution in [1.29, 1.82) is 0 Å². The lowest BCUT2D eigenvalue weighted by molar-refractivity contribution is -0.136.